The molecule has 1 aliphatic rings. The highest BCUT2D eigenvalue weighted by Crippen LogP contribution is 2.37. The zero-order chi connectivity index (χ0) is 30.6. The summed E-state index contributed by atoms with van der Waals surface area (Å²) in [6.07, 6.45) is 4.33. The van der Waals surface area contributed by atoms with Crippen LogP contribution < -0.4 is 14.8 Å². The van der Waals surface area contributed by atoms with Crippen molar-refractivity contribution in [3.63, 3.8) is 0 Å². The number of imidazole rings is 1. The number of anilines is 2. The lowest BCUT2D eigenvalue weighted by molar-refractivity contribution is 0.175. The molecule has 1 fully saturated rings. The van der Waals surface area contributed by atoms with E-state index in [4.69, 9.17) is 19.4 Å². The van der Waals surface area contributed by atoms with E-state index in [1.54, 1.807) is 13.3 Å². The van der Waals surface area contributed by atoms with Gasteiger partial charge in [-0.05, 0) is 66.1 Å². The summed E-state index contributed by atoms with van der Waals surface area (Å²) in [4.78, 5) is 16.7. The second kappa shape index (κ2) is 12.8. The summed E-state index contributed by atoms with van der Waals surface area (Å²) in [7, 11) is 1.64. The number of rotatable bonds is 10. The summed E-state index contributed by atoms with van der Waals surface area (Å²) in [5.74, 6) is 1.77. The summed E-state index contributed by atoms with van der Waals surface area (Å²) in [6.45, 7) is 2.84. The molecule has 7 rings (SSSR count). The van der Waals surface area contributed by atoms with Crippen LogP contribution in [-0.4, -0.2) is 55.7 Å². The Hall–Kier alpha value is -5.25. The molecule has 0 spiro atoms. The van der Waals surface area contributed by atoms with Crippen molar-refractivity contribution in [3.05, 3.63) is 121 Å². The van der Waals surface area contributed by atoms with Gasteiger partial charge in [0, 0.05) is 43.3 Å². The van der Waals surface area contributed by atoms with Gasteiger partial charge in [0.2, 0.25) is 5.95 Å². The molecule has 6 aromatic rings. The number of aromatic nitrogens is 4. The highest BCUT2D eigenvalue weighted by molar-refractivity contribution is 5.82. The molecule has 1 unspecified atom stereocenters. The molecule has 226 valence electrons. The van der Waals surface area contributed by atoms with E-state index in [1.165, 1.54) is 5.56 Å². The van der Waals surface area contributed by atoms with Crippen LogP contribution in [0.5, 0.6) is 11.5 Å². The first-order valence-corrected chi connectivity index (χ1v) is 15.0. The molecule has 1 saturated heterocycles. The van der Waals surface area contributed by atoms with E-state index in [1.807, 2.05) is 95.5 Å². The van der Waals surface area contributed by atoms with Crippen LogP contribution >= 0.6 is 0 Å². The molecule has 3 aromatic heterocycles. The van der Waals surface area contributed by atoms with Crippen molar-refractivity contribution in [2.75, 3.05) is 25.5 Å². The molecule has 0 radical (unpaired) electrons. The van der Waals surface area contributed by atoms with Crippen LogP contribution in [0.15, 0.2) is 109 Å². The number of hydrogen-bond acceptors (Lipinski definition) is 8. The topological polar surface area (TPSA) is 97.0 Å². The highest BCUT2D eigenvalue weighted by atomic mass is 16.5. The number of pyridine rings is 1. The van der Waals surface area contributed by atoms with E-state index in [-0.39, 0.29) is 6.10 Å². The van der Waals surface area contributed by atoms with E-state index in [0.29, 0.717) is 30.6 Å². The van der Waals surface area contributed by atoms with Crippen LogP contribution in [0.2, 0.25) is 0 Å². The van der Waals surface area contributed by atoms with Crippen molar-refractivity contribution < 1.29 is 14.6 Å². The van der Waals surface area contributed by atoms with Crippen LogP contribution in [0, 0.1) is 0 Å². The predicted octanol–water partition coefficient (Wildman–Crippen LogP) is 6.36. The summed E-state index contributed by atoms with van der Waals surface area (Å²) in [6, 6.07) is 32.0. The SMILES string of the molecule is COc1cc(-c2nc3ccccn3c2-c2ccnc(Nc3cccc(CN4CCC(O)C4)c3)n2)ccc1OCc1ccccc1. The van der Waals surface area contributed by atoms with Crippen LogP contribution in [0.1, 0.15) is 17.5 Å². The fourth-order valence-electron chi connectivity index (χ4n) is 5.75. The van der Waals surface area contributed by atoms with Gasteiger partial charge < -0.3 is 19.9 Å². The molecular weight excluding hydrogens is 564 g/mol. The van der Waals surface area contributed by atoms with Crippen LogP contribution in [0.25, 0.3) is 28.3 Å². The lowest BCUT2D eigenvalue weighted by atomic mass is 10.1. The number of aliphatic hydroxyl groups is 1. The quantitative estimate of drug-likeness (QED) is 0.188. The molecule has 9 nitrogen and oxygen atoms in total. The van der Waals surface area contributed by atoms with Crippen molar-refractivity contribution in [2.45, 2.75) is 25.7 Å². The number of methoxy groups -OCH3 is 1. The first-order valence-electron chi connectivity index (χ1n) is 15.0. The van der Waals surface area contributed by atoms with E-state index in [2.05, 4.69) is 27.3 Å². The molecule has 0 saturated carbocycles. The zero-order valence-electron chi connectivity index (χ0n) is 25.0. The smallest absolute Gasteiger partial charge is 0.227 e. The van der Waals surface area contributed by atoms with Crippen molar-refractivity contribution in [1.82, 2.24) is 24.3 Å². The van der Waals surface area contributed by atoms with Gasteiger partial charge in [0.05, 0.1) is 30.3 Å². The molecule has 3 aromatic carbocycles. The van der Waals surface area contributed by atoms with Gasteiger partial charge in [0.25, 0.3) is 0 Å². The van der Waals surface area contributed by atoms with Crippen molar-refractivity contribution in [1.29, 1.82) is 0 Å². The minimum absolute atomic E-state index is 0.237. The van der Waals surface area contributed by atoms with E-state index >= 15 is 0 Å². The first kappa shape index (κ1) is 28.5. The van der Waals surface area contributed by atoms with Gasteiger partial charge >= 0.3 is 0 Å². The number of nitrogens with zero attached hydrogens (tertiary/aromatic N) is 5. The molecule has 45 heavy (non-hydrogen) atoms. The van der Waals surface area contributed by atoms with Gasteiger partial charge in [-0.15, -0.1) is 0 Å². The van der Waals surface area contributed by atoms with Gasteiger partial charge in [0.1, 0.15) is 12.3 Å². The highest BCUT2D eigenvalue weighted by Gasteiger charge is 2.21. The fraction of sp³-hybridized carbons (Fsp3) is 0.194. The fourth-order valence-corrected chi connectivity index (χ4v) is 5.75. The monoisotopic (exact) mass is 598 g/mol. The number of β-amino-alcohol motifs (C(OH)–C–C–N with tert-alkyl or cyclic N) is 1. The van der Waals surface area contributed by atoms with Crippen molar-refractivity contribution in [3.8, 4) is 34.1 Å². The average Bonchev–Trinajstić information content (AvgIpc) is 3.67. The predicted molar refractivity (Wildman–Crippen MR) is 175 cm³/mol. The molecular formula is C36H34N6O3. The molecule has 1 atom stereocenters. The lowest BCUT2D eigenvalue weighted by Crippen LogP contribution is -2.21. The number of likely N-dealkylation sites (tertiary alicyclic amines) is 1. The minimum atomic E-state index is -0.237. The third-order valence-corrected chi connectivity index (χ3v) is 7.94. The largest absolute Gasteiger partial charge is 0.493 e. The normalized spacial score (nSPS) is 14.9. The number of ether oxygens (including phenoxy) is 2. The van der Waals surface area contributed by atoms with Gasteiger partial charge in [-0.1, -0.05) is 48.5 Å². The third kappa shape index (κ3) is 6.35. The summed E-state index contributed by atoms with van der Waals surface area (Å²) >= 11 is 0. The van der Waals surface area contributed by atoms with Crippen LogP contribution in [0.4, 0.5) is 11.6 Å². The first-order chi connectivity index (χ1) is 22.1. The second-order valence-electron chi connectivity index (χ2n) is 11.1. The Balaban J connectivity index is 1.18. The van der Waals surface area contributed by atoms with Gasteiger partial charge in [0.15, 0.2) is 11.5 Å². The molecule has 2 N–H and O–H groups in total. The Bertz CT molecular complexity index is 1930. The average molecular weight is 599 g/mol. The number of fused-ring (bicyclic) bond motifs is 1. The maximum Gasteiger partial charge on any atom is 0.227 e. The maximum absolute atomic E-state index is 9.90. The number of hydrogen-bond donors (Lipinski definition) is 2. The third-order valence-electron chi connectivity index (χ3n) is 7.94. The van der Waals surface area contributed by atoms with Gasteiger partial charge in [-0.25, -0.2) is 15.0 Å². The lowest BCUT2D eigenvalue weighted by Gasteiger charge is -2.15. The Kier molecular flexibility index (Phi) is 8.09. The summed E-state index contributed by atoms with van der Waals surface area (Å²) in [5.41, 5.74) is 7.18. The Labute approximate surface area is 261 Å². The Morgan fingerprint density at radius 1 is 0.889 bits per heavy atom. The van der Waals surface area contributed by atoms with Gasteiger partial charge in [-0.2, -0.15) is 0 Å². The Morgan fingerprint density at radius 2 is 1.76 bits per heavy atom. The molecule has 9 heteroatoms. The van der Waals surface area contributed by atoms with Crippen molar-refractivity contribution >= 4 is 17.3 Å². The maximum atomic E-state index is 9.90. The number of benzene rings is 3. The number of nitrogens with one attached hydrogen (secondary N) is 1. The van der Waals surface area contributed by atoms with E-state index in [9.17, 15) is 5.11 Å². The Morgan fingerprint density at radius 3 is 2.60 bits per heavy atom. The van der Waals surface area contributed by atoms with Crippen LogP contribution in [0.3, 0.4) is 0 Å². The second-order valence-corrected chi connectivity index (χ2v) is 11.1. The molecule has 0 bridgehead atoms. The molecule has 4 heterocycles. The summed E-state index contributed by atoms with van der Waals surface area (Å²) < 4.78 is 13.9. The zero-order valence-corrected chi connectivity index (χ0v) is 25.0. The van der Waals surface area contributed by atoms with Crippen molar-refractivity contribution in [2.24, 2.45) is 0 Å². The standard InChI is InChI=1S/C36H34N6O3/c1-44-32-21-27(13-14-31(32)45-24-25-8-3-2-4-9-25)34-35(42-18-6-5-12-33(42)40-34)30-15-17-37-36(39-30)38-28-11-7-10-26(20-28)22-41-19-16-29(43)23-41/h2-15,17-18,20-21,29,43H,16,19,22-24H2,1H3,(H,37,38,39). The van der Waals surface area contributed by atoms with E-state index < -0.39 is 0 Å². The van der Waals surface area contributed by atoms with E-state index in [0.717, 1.165) is 59.1 Å². The van der Waals surface area contributed by atoms with Gasteiger partial charge in [-0.3, -0.25) is 9.30 Å². The summed E-state index contributed by atoms with van der Waals surface area (Å²) in [5, 5.41) is 13.3. The molecule has 0 amide bonds. The van der Waals surface area contributed by atoms with Crippen LogP contribution in [-0.2, 0) is 13.2 Å². The number of aliphatic hydroxyl groups excluding tert-OH is 1. The molecule has 0 aliphatic carbocycles. The minimum Gasteiger partial charge on any atom is -0.493 e. The molecule has 1 aliphatic heterocycles.